The van der Waals surface area contributed by atoms with Crippen LogP contribution in [0, 0.1) is 0 Å². The molecule has 0 saturated carbocycles. The first kappa shape index (κ1) is 10.6. The molecule has 0 aliphatic heterocycles. The average Bonchev–Trinajstić information content (AvgIpc) is 2.98. The average molecular weight is 242 g/mol. The third-order valence-corrected chi connectivity index (χ3v) is 2.78. The van der Waals surface area contributed by atoms with Crippen molar-refractivity contribution in [2.75, 3.05) is 0 Å². The number of hydrogen-bond acceptors (Lipinski definition) is 3. The van der Waals surface area contributed by atoms with E-state index in [2.05, 4.69) is 5.16 Å². The van der Waals surface area contributed by atoms with E-state index < -0.39 is 5.97 Å². The molecule has 1 aromatic carbocycles. The zero-order valence-corrected chi connectivity index (χ0v) is 9.41. The van der Waals surface area contributed by atoms with Gasteiger partial charge in [-0.25, -0.2) is 4.79 Å². The summed E-state index contributed by atoms with van der Waals surface area (Å²) in [5, 5.41) is 13.4. The molecule has 2 aromatic heterocycles. The topological polar surface area (TPSA) is 68.3 Å². The maximum Gasteiger partial charge on any atom is 0.358 e. The van der Waals surface area contributed by atoms with E-state index in [1.54, 1.807) is 0 Å². The van der Waals surface area contributed by atoms with E-state index >= 15 is 0 Å². The van der Waals surface area contributed by atoms with E-state index in [0.29, 0.717) is 12.3 Å². The summed E-state index contributed by atoms with van der Waals surface area (Å²) in [7, 11) is 0. The van der Waals surface area contributed by atoms with Crippen LogP contribution in [0.2, 0.25) is 0 Å². The highest BCUT2D eigenvalue weighted by atomic mass is 16.5. The second-order valence-electron chi connectivity index (χ2n) is 3.99. The molecule has 2 heterocycles. The van der Waals surface area contributed by atoms with Gasteiger partial charge in [-0.1, -0.05) is 23.4 Å². The van der Waals surface area contributed by atoms with Gasteiger partial charge in [0.05, 0.1) is 6.54 Å². The van der Waals surface area contributed by atoms with Crippen LogP contribution in [0.4, 0.5) is 0 Å². The van der Waals surface area contributed by atoms with E-state index in [9.17, 15) is 4.79 Å². The minimum absolute atomic E-state index is 0.0681. The van der Waals surface area contributed by atoms with Crippen LogP contribution in [0.1, 0.15) is 16.2 Å². The van der Waals surface area contributed by atoms with E-state index in [4.69, 9.17) is 9.63 Å². The second-order valence-corrected chi connectivity index (χ2v) is 3.99. The predicted octanol–water partition coefficient (Wildman–Crippen LogP) is 2.38. The van der Waals surface area contributed by atoms with Crippen LogP contribution < -0.4 is 0 Å². The van der Waals surface area contributed by atoms with Crippen molar-refractivity contribution < 1.29 is 14.4 Å². The Morgan fingerprint density at radius 1 is 1.33 bits per heavy atom. The van der Waals surface area contributed by atoms with Gasteiger partial charge in [0, 0.05) is 17.8 Å². The van der Waals surface area contributed by atoms with Crippen LogP contribution in [0.3, 0.4) is 0 Å². The van der Waals surface area contributed by atoms with Crippen LogP contribution in [0.25, 0.3) is 10.9 Å². The van der Waals surface area contributed by atoms with Gasteiger partial charge in [0.25, 0.3) is 0 Å². The van der Waals surface area contributed by atoms with Crippen LogP contribution >= 0.6 is 0 Å². The number of aromatic carboxylic acids is 1. The number of carboxylic acid groups (broad SMARTS) is 1. The highest BCUT2D eigenvalue weighted by molar-refractivity contribution is 5.85. The van der Waals surface area contributed by atoms with Gasteiger partial charge in [0.1, 0.15) is 0 Å². The lowest BCUT2D eigenvalue weighted by atomic mass is 10.2. The quantitative estimate of drug-likeness (QED) is 0.765. The Bertz CT molecular complexity index is 712. The molecule has 0 radical (unpaired) electrons. The predicted molar refractivity (Wildman–Crippen MR) is 64.5 cm³/mol. The number of carboxylic acids is 1. The number of benzene rings is 1. The number of rotatable bonds is 3. The SMILES string of the molecule is O=C(O)c1cc(Cn2ccc3ccccc32)on1. The highest BCUT2D eigenvalue weighted by Crippen LogP contribution is 2.17. The molecular formula is C13H10N2O3. The maximum atomic E-state index is 10.7. The molecule has 0 saturated heterocycles. The van der Waals surface area contributed by atoms with Crippen LogP contribution in [0.5, 0.6) is 0 Å². The number of para-hydroxylation sites is 1. The van der Waals surface area contributed by atoms with Crippen molar-refractivity contribution >= 4 is 16.9 Å². The van der Waals surface area contributed by atoms with Crippen molar-refractivity contribution in [1.82, 2.24) is 9.72 Å². The van der Waals surface area contributed by atoms with Crippen molar-refractivity contribution in [3.63, 3.8) is 0 Å². The van der Waals surface area contributed by atoms with Crippen LogP contribution in [-0.4, -0.2) is 20.8 Å². The summed E-state index contributed by atoms with van der Waals surface area (Å²) < 4.78 is 6.98. The molecule has 0 spiro atoms. The van der Waals surface area contributed by atoms with Gasteiger partial charge in [0.15, 0.2) is 11.5 Å². The van der Waals surface area contributed by atoms with Crippen LogP contribution in [0.15, 0.2) is 47.1 Å². The maximum absolute atomic E-state index is 10.7. The summed E-state index contributed by atoms with van der Waals surface area (Å²) in [6.07, 6.45) is 1.94. The van der Waals surface area contributed by atoms with E-state index in [1.165, 1.54) is 6.07 Å². The lowest BCUT2D eigenvalue weighted by Crippen LogP contribution is -1.97. The smallest absolute Gasteiger partial charge is 0.358 e. The first-order chi connectivity index (χ1) is 8.74. The molecule has 0 aliphatic carbocycles. The molecule has 3 rings (SSSR count). The fraction of sp³-hybridized carbons (Fsp3) is 0.0769. The Kier molecular flexibility index (Phi) is 2.37. The van der Waals surface area contributed by atoms with Crippen molar-refractivity contribution in [2.45, 2.75) is 6.54 Å². The fourth-order valence-corrected chi connectivity index (χ4v) is 1.93. The van der Waals surface area contributed by atoms with Gasteiger partial charge in [-0.2, -0.15) is 0 Å². The van der Waals surface area contributed by atoms with E-state index in [0.717, 1.165) is 10.9 Å². The summed E-state index contributed by atoms with van der Waals surface area (Å²) in [5.41, 5.74) is 1.01. The Labute approximate surface area is 102 Å². The molecule has 90 valence electrons. The molecule has 0 aliphatic rings. The van der Waals surface area contributed by atoms with Crippen molar-refractivity contribution in [2.24, 2.45) is 0 Å². The zero-order chi connectivity index (χ0) is 12.5. The zero-order valence-electron chi connectivity index (χ0n) is 9.41. The van der Waals surface area contributed by atoms with Crippen molar-refractivity contribution in [1.29, 1.82) is 0 Å². The monoisotopic (exact) mass is 242 g/mol. The molecule has 0 bridgehead atoms. The lowest BCUT2D eigenvalue weighted by molar-refractivity contribution is 0.0685. The second kappa shape index (κ2) is 4.03. The molecule has 5 heteroatoms. The van der Waals surface area contributed by atoms with Gasteiger partial charge in [-0.3, -0.25) is 0 Å². The first-order valence-corrected chi connectivity index (χ1v) is 5.47. The molecule has 0 unspecified atom stereocenters. The minimum Gasteiger partial charge on any atom is -0.476 e. The standard InChI is InChI=1S/C13H10N2O3/c16-13(17)11-7-10(18-14-11)8-15-6-5-9-3-1-2-4-12(9)15/h1-7H,8H2,(H,16,17). The van der Waals surface area contributed by atoms with E-state index in [-0.39, 0.29) is 5.69 Å². The van der Waals surface area contributed by atoms with Gasteiger partial charge in [0.2, 0.25) is 0 Å². The summed E-state index contributed by atoms with van der Waals surface area (Å²) >= 11 is 0. The fourth-order valence-electron chi connectivity index (χ4n) is 1.93. The summed E-state index contributed by atoms with van der Waals surface area (Å²) in [4.78, 5) is 10.7. The highest BCUT2D eigenvalue weighted by Gasteiger charge is 2.11. The van der Waals surface area contributed by atoms with Gasteiger partial charge >= 0.3 is 5.97 Å². The third kappa shape index (κ3) is 1.75. The summed E-state index contributed by atoms with van der Waals surface area (Å²) in [6.45, 7) is 0.466. The molecule has 5 nitrogen and oxygen atoms in total. The summed E-state index contributed by atoms with van der Waals surface area (Å²) in [6, 6.07) is 11.4. The molecule has 1 N–H and O–H groups in total. The number of carbonyl (C=O) groups is 1. The van der Waals surface area contributed by atoms with Gasteiger partial charge in [-0.05, 0) is 17.5 Å². The number of nitrogens with zero attached hydrogens (tertiary/aromatic N) is 2. The Balaban J connectivity index is 1.93. The Morgan fingerprint density at radius 3 is 2.94 bits per heavy atom. The number of hydrogen-bond donors (Lipinski definition) is 1. The first-order valence-electron chi connectivity index (χ1n) is 5.47. The molecule has 18 heavy (non-hydrogen) atoms. The summed E-state index contributed by atoms with van der Waals surface area (Å²) in [5.74, 6) is -0.559. The molecule has 0 atom stereocenters. The third-order valence-electron chi connectivity index (χ3n) is 2.78. The lowest BCUT2D eigenvalue weighted by Gasteiger charge is -2.01. The van der Waals surface area contributed by atoms with Crippen LogP contribution in [-0.2, 0) is 6.54 Å². The van der Waals surface area contributed by atoms with Crippen molar-refractivity contribution in [3.8, 4) is 0 Å². The molecular weight excluding hydrogens is 232 g/mol. The van der Waals surface area contributed by atoms with E-state index in [1.807, 2.05) is 41.1 Å². The molecule has 0 amide bonds. The molecule has 3 aromatic rings. The number of aromatic nitrogens is 2. The Hall–Kier alpha value is -2.56. The number of fused-ring (bicyclic) bond motifs is 1. The minimum atomic E-state index is -1.08. The molecule has 0 fully saturated rings. The normalized spacial score (nSPS) is 10.9. The van der Waals surface area contributed by atoms with Gasteiger partial charge in [-0.15, -0.1) is 0 Å². The van der Waals surface area contributed by atoms with Crippen molar-refractivity contribution in [3.05, 3.63) is 54.0 Å². The Morgan fingerprint density at radius 2 is 2.17 bits per heavy atom. The largest absolute Gasteiger partial charge is 0.476 e. The van der Waals surface area contributed by atoms with Gasteiger partial charge < -0.3 is 14.2 Å².